The fourth-order valence-electron chi connectivity index (χ4n) is 3.01. The SMILES string of the molecule is Cl.O=C(Nc1cccc(OCc2ccccc2)c1)OCCN1CCCCC1. The predicted octanol–water partition coefficient (Wildman–Crippen LogP) is 4.72. The third kappa shape index (κ3) is 7.49. The summed E-state index contributed by atoms with van der Waals surface area (Å²) in [6.45, 7) is 3.91. The molecule has 1 fully saturated rings. The second-order valence-corrected chi connectivity index (χ2v) is 6.47. The van der Waals surface area contributed by atoms with Crippen molar-refractivity contribution in [2.24, 2.45) is 0 Å². The number of likely N-dealkylation sites (tertiary alicyclic amines) is 1. The summed E-state index contributed by atoms with van der Waals surface area (Å²) in [6.07, 6.45) is 3.35. The standard InChI is InChI=1S/C21H26N2O3.ClH/c24-21(25-15-14-23-12-5-2-6-13-23)22-19-10-7-11-20(16-19)26-17-18-8-3-1-4-9-18;/h1,3-4,7-11,16H,2,5-6,12-15,17H2,(H,22,24);1H. The summed E-state index contributed by atoms with van der Waals surface area (Å²) in [5.41, 5.74) is 1.77. The molecular weight excluding hydrogens is 364 g/mol. The molecule has 1 heterocycles. The molecule has 3 rings (SSSR count). The van der Waals surface area contributed by atoms with Crippen LogP contribution in [0.4, 0.5) is 10.5 Å². The zero-order valence-electron chi connectivity index (χ0n) is 15.4. The molecule has 27 heavy (non-hydrogen) atoms. The summed E-state index contributed by atoms with van der Waals surface area (Å²) >= 11 is 0. The van der Waals surface area contributed by atoms with Crippen LogP contribution in [0.25, 0.3) is 0 Å². The van der Waals surface area contributed by atoms with Gasteiger partial charge in [0.15, 0.2) is 0 Å². The second kappa shape index (κ2) is 11.5. The van der Waals surface area contributed by atoms with Crippen LogP contribution in [-0.2, 0) is 11.3 Å². The quantitative estimate of drug-likeness (QED) is 0.743. The van der Waals surface area contributed by atoms with Gasteiger partial charge in [-0.25, -0.2) is 4.79 Å². The number of rotatable bonds is 7. The number of ether oxygens (including phenoxy) is 2. The highest BCUT2D eigenvalue weighted by molar-refractivity contribution is 5.85. The van der Waals surface area contributed by atoms with Crippen LogP contribution in [0.1, 0.15) is 24.8 Å². The van der Waals surface area contributed by atoms with E-state index in [-0.39, 0.29) is 12.4 Å². The molecule has 2 aromatic carbocycles. The van der Waals surface area contributed by atoms with Gasteiger partial charge in [-0.15, -0.1) is 12.4 Å². The van der Waals surface area contributed by atoms with Crippen molar-refractivity contribution < 1.29 is 14.3 Å². The van der Waals surface area contributed by atoms with E-state index in [0.29, 0.717) is 24.7 Å². The monoisotopic (exact) mass is 390 g/mol. The van der Waals surface area contributed by atoms with Crippen LogP contribution in [0.3, 0.4) is 0 Å². The molecule has 0 bridgehead atoms. The van der Waals surface area contributed by atoms with Gasteiger partial charge in [-0.05, 0) is 43.6 Å². The molecule has 1 saturated heterocycles. The number of nitrogens with zero attached hydrogens (tertiary/aromatic N) is 1. The topological polar surface area (TPSA) is 50.8 Å². The smallest absolute Gasteiger partial charge is 0.411 e. The molecule has 1 amide bonds. The van der Waals surface area contributed by atoms with Crippen molar-refractivity contribution in [1.82, 2.24) is 4.90 Å². The summed E-state index contributed by atoms with van der Waals surface area (Å²) in [5.74, 6) is 0.708. The van der Waals surface area contributed by atoms with Gasteiger partial charge in [0.2, 0.25) is 0 Å². The summed E-state index contributed by atoms with van der Waals surface area (Å²) in [4.78, 5) is 14.3. The lowest BCUT2D eigenvalue weighted by molar-refractivity contribution is 0.131. The van der Waals surface area contributed by atoms with E-state index in [0.717, 1.165) is 25.2 Å². The van der Waals surface area contributed by atoms with E-state index in [2.05, 4.69) is 10.2 Å². The Balaban J connectivity index is 0.00000261. The van der Waals surface area contributed by atoms with E-state index < -0.39 is 6.09 Å². The van der Waals surface area contributed by atoms with Gasteiger partial charge in [-0.3, -0.25) is 10.2 Å². The van der Waals surface area contributed by atoms with E-state index in [1.165, 1.54) is 19.3 Å². The molecule has 0 spiro atoms. The summed E-state index contributed by atoms with van der Waals surface area (Å²) in [6, 6.07) is 17.3. The first-order chi connectivity index (χ1) is 12.8. The van der Waals surface area contributed by atoms with Gasteiger partial charge in [0.1, 0.15) is 19.0 Å². The van der Waals surface area contributed by atoms with Gasteiger partial charge in [0.05, 0.1) is 0 Å². The number of amides is 1. The Bertz CT molecular complexity index is 691. The van der Waals surface area contributed by atoms with Gasteiger partial charge in [0, 0.05) is 18.3 Å². The molecule has 0 aromatic heterocycles. The average molecular weight is 391 g/mol. The van der Waals surface area contributed by atoms with Crippen LogP contribution < -0.4 is 10.1 Å². The van der Waals surface area contributed by atoms with Gasteiger partial charge >= 0.3 is 6.09 Å². The maximum absolute atomic E-state index is 12.0. The first-order valence-corrected chi connectivity index (χ1v) is 9.22. The fourth-order valence-corrected chi connectivity index (χ4v) is 3.01. The first-order valence-electron chi connectivity index (χ1n) is 9.22. The number of piperidine rings is 1. The maximum Gasteiger partial charge on any atom is 0.411 e. The van der Waals surface area contributed by atoms with Crippen molar-refractivity contribution in [3.8, 4) is 5.75 Å². The lowest BCUT2D eigenvalue weighted by Gasteiger charge is -2.25. The molecule has 2 aromatic rings. The number of halogens is 1. The van der Waals surface area contributed by atoms with Crippen molar-refractivity contribution >= 4 is 24.2 Å². The van der Waals surface area contributed by atoms with Crippen LogP contribution >= 0.6 is 12.4 Å². The molecule has 146 valence electrons. The van der Waals surface area contributed by atoms with Crippen molar-refractivity contribution in [1.29, 1.82) is 0 Å². The molecule has 6 heteroatoms. The fraction of sp³-hybridized carbons (Fsp3) is 0.381. The minimum atomic E-state index is -0.429. The number of hydrogen-bond donors (Lipinski definition) is 1. The van der Waals surface area contributed by atoms with Gasteiger partial charge in [-0.2, -0.15) is 0 Å². The lowest BCUT2D eigenvalue weighted by Crippen LogP contribution is -2.33. The van der Waals surface area contributed by atoms with E-state index in [4.69, 9.17) is 9.47 Å². The van der Waals surface area contributed by atoms with E-state index >= 15 is 0 Å². The van der Waals surface area contributed by atoms with Crippen molar-refractivity contribution in [3.05, 3.63) is 60.2 Å². The van der Waals surface area contributed by atoms with Crippen LogP contribution in [0.5, 0.6) is 5.75 Å². The molecular formula is C21H27ClN2O3. The Labute approximate surface area is 167 Å². The summed E-state index contributed by atoms with van der Waals surface area (Å²) in [5, 5.41) is 2.76. The van der Waals surface area contributed by atoms with E-state index in [9.17, 15) is 4.79 Å². The second-order valence-electron chi connectivity index (χ2n) is 6.47. The zero-order valence-corrected chi connectivity index (χ0v) is 16.2. The molecule has 1 aliphatic heterocycles. The number of benzene rings is 2. The number of carbonyl (C=O) groups excluding carboxylic acids is 1. The number of anilines is 1. The summed E-state index contributed by atoms with van der Waals surface area (Å²) < 4.78 is 11.1. The van der Waals surface area contributed by atoms with Crippen molar-refractivity contribution in [2.75, 3.05) is 31.6 Å². The average Bonchev–Trinajstić information content (AvgIpc) is 2.68. The molecule has 0 saturated carbocycles. The molecule has 0 radical (unpaired) electrons. The molecule has 1 N–H and O–H groups in total. The number of hydrogen-bond acceptors (Lipinski definition) is 4. The highest BCUT2D eigenvalue weighted by Crippen LogP contribution is 2.19. The lowest BCUT2D eigenvalue weighted by atomic mass is 10.1. The molecule has 0 atom stereocenters. The van der Waals surface area contributed by atoms with Crippen LogP contribution in [0.2, 0.25) is 0 Å². The predicted molar refractivity (Wildman–Crippen MR) is 110 cm³/mol. The maximum atomic E-state index is 12.0. The molecule has 0 aliphatic carbocycles. The third-order valence-corrected chi connectivity index (χ3v) is 4.42. The zero-order chi connectivity index (χ0) is 18.0. The van der Waals surface area contributed by atoms with Crippen molar-refractivity contribution in [3.63, 3.8) is 0 Å². The normalized spacial score (nSPS) is 14.1. The van der Waals surface area contributed by atoms with E-state index in [1.54, 1.807) is 6.07 Å². The van der Waals surface area contributed by atoms with Crippen LogP contribution in [-0.4, -0.2) is 37.2 Å². The first kappa shape index (κ1) is 21.1. The van der Waals surface area contributed by atoms with E-state index in [1.807, 2.05) is 48.5 Å². The number of carbonyl (C=O) groups is 1. The number of nitrogens with one attached hydrogen (secondary N) is 1. The van der Waals surface area contributed by atoms with Gasteiger partial charge in [-0.1, -0.05) is 42.8 Å². The minimum Gasteiger partial charge on any atom is -0.489 e. The van der Waals surface area contributed by atoms with Crippen LogP contribution in [0.15, 0.2) is 54.6 Å². The molecule has 0 unspecified atom stereocenters. The van der Waals surface area contributed by atoms with Crippen molar-refractivity contribution in [2.45, 2.75) is 25.9 Å². The largest absolute Gasteiger partial charge is 0.489 e. The Morgan fingerprint density at radius 3 is 2.56 bits per heavy atom. The van der Waals surface area contributed by atoms with Gasteiger partial charge in [0.25, 0.3) is 0 Å². The minimum absolute atomic E-state index is 0. The highest BCUT2D eigenvalue weighted by atomic mass is 35.5. The Morgan fingerprint density at radius 2 is 1.78 bits per heavy atom. The Kier molecular flexibility index (Phi) is 8.95. The Hall–Kier alpha value is -2.24. The van der Waals surface area contributed by atoms with Crippen LogP contribution in [0, 0.1) is 0 Å². The third-order valence-electron chi connectivity index (χ3n) is 4.42. The molecule has 1 aliphatic rings. The Morgan fingerprint density at radius 1 is 1.00 bits per heavy atom. The van der Waals surface area contributed by atoms with Gasteiger partial charge < -0.3 is 9.47 Å². The summed E-state index contributed by atoms with van der Waals surface area (Å²) in [7, 11) is 0. The highest BCUT2D eigenvalue weighted by Gasteiger charge is 2.11. The molecule has 5 nitrogen and oxygen atoms in total.